The molecular formula is C60H42N2O. The molecule has 298 valence electrons. The third-order valence-corrected chi connectivity index (χ3v) is 12.7. The largest absolute Gasteiger partial charge is 0.455 e. The highest BCUT2D eigenvalue weighted by Crippen LogP contribution is 2.43. The zero-order valence-corrected chi connectivity index (χ0v) is 34.7. The molecule has 0 saturated carbocycles. The normalized spacial score (nSPS) is 12.8. The number of rotatable bonds is 8. The Kier molecular flexibility index (Phi) is 8.97. The van der Waals surface area contributed by atoms with Crippen LogP contribution in [-0.2, 0) is 0 Å². The van der Waals surface area contributed by atoms with Gasteiger partial charge in [0.15, 0.2) is 0 Å². The first kappa shape index (κ1) is 36.7. The monoisotopic (exact) mass is 806 g/mol. The van der Waals surface area contributed by atoms with Crippen LogP contribution in [-0.4, -0.2) is 4.57 Å². The molecule has 9 aromatic carbocycles. The summed E-state index contributed by atoms with van der Waals surface area (Å²) in [5.74, 6) is 0. The Morgan fingerprint density at radius 1 is 0.413 bits per heavy atom. The number of allylic oxidation sites excluding steroid dienone is 3. The van der Waals surface area contributed by atoms with Gasteiger partial charge in [-0.15, -0.1) is 0 Å². The highest BCUT2D eigenvalue weighted by atomic mass is 16.3. The maximum atomic E-state index is 6.47. The van der Waals surface area contributed by atoms with Gasteiger partial charge in [0.05, 0.1) is 16.7 Å². The Morgan fingerprint density at radius 3 is 1.81 bits per heavy atom. The van der Waals surface area contributed by atoms with Crippen molar-refractivity contribution in [2.75, 3.05) is 4.90 Å². The summed E-state index contributed by atoms with van der Waals surface area (Å²) in [5.41, 5.74) is 18.3. The minimum atomic E-state index is 0.907. The first-order valence-electron chi connectivity index (χ1n) is 21.8. The molecule has 3 heteroatoms. The zero-order chi connectivity index (χ0) is 41.7. The smallest absolute Gasteiger partial charge is 0.143 e. The van der Waals surface area contributed by atoms with Gasteiger partial charge in [-0.1, -0.05) is 176 Å². The fraction of sp³-hybridized carbons (Fsp3) is 0.0333. The molecule has 1 aliphatic carbocycles. The van der Waals surface area contributed by atoms with Crippen LogP contribution in [0.2, 0.25) is 0 Å². The van der Waals surface area contributed by atoms with Crippen molar-refractivity contribution in [2.45, 2.75) is 12.8 Å². The van der Waals surface area contributed by atoms with Crippen molar-refractivity contribution < 1.29 is 4.42 Å². The van der Waals surface area contributed by atoms with Crippen LogP contribution in [0.4, 0.5) is 11.4 Å². The molecule has 2 heterocycles. The number of aromatic nitrogens is 1. The van der Waals surface area contributed by atoms with Gasteiger partial charge in [-0.3, -0.25) is 0 Å². The molecule has 2 aromatic heterocycles. The molecule has 0 atom stereocenters. The van der Waals surface area contributed by atoms with Gasteiger partial charge in [0, 0.05) is 49.7 Å². The van der Waals surface area contributed by atoms with Crippen LogP contribution in [0.25, 0.3) is 88.4 Å². The minimum Gasteiger partial charge on any atom is -0.455 e. The number of anilines is 2. The number of para-hydroxylation sites is 5. The number of hydrogen-bond acceptors (Lipinski definition) is 2. The van der Waals surface area contributed by atoms with E-state index in [0.717, 1.165) is 63.0 Å². The van der Waals surface area contributed by atoms with Crippen molar-refractivity contribution in [3.8, 4) is 39.1 Å². The molecule has 11 aromatic rings. The minimum absolute atomic E-state index is 0.907. The number of hydrogen-bond donors (Lipinski definition) is 0. The average molecular weight is 807 g/mol. The van der Waals surface area contributed by atoms with Gasteiger partial charge in [-0.25, -0.2) is 0 Å². The van der Waals surface area contributed by atoms with Crippen molar-refractivity contribution in [3.05, 3.63) is 242 Å². The molecule has 3 nitrogen and oxygen atoms in total. The second-order valence-corrected chi connectivity index (χ2v) is 16.3. The van der Waals surface area contributed by atoms with Crippen molar-refractivity contribution in [3.63, 3.8) is 0 Å². The fourth-order valence-electron chi connectivity index (χ4n) is 9.80. The van der Waals surface area contributed by atoms with Crippen LogP contribution in [0.15, 0.2) is 241 Å². The average Bonchev–Trinajstić information content (AvgIpc) is 3.91. The summed E-state index contributed by atoms with van der Waals surface area (Å²) >= 11 is 0. The van der Waals surface area contributed by atoms with E-state index in [1.165, 1.54) is 60.9 Å². The standard InChI is InChI=1S/C60H42N2O/c1-2-17-41(18-3-1)43-19-14-21-46(39-43)61(45-37-35-42(36-38-45)49-29-16-30-55-54-28-9-13-34-59(54)63-60(49)55)47-22-15-20-44(40-47)48-23-4-5-24-50(48)51-25-6-10-31-56(51)62-57-32-11-7-26-52(57)53-27-8-12-33-58(53)62/h1-14,16-19,21-40H,15,20H2. The Hall–Kier alpha value is -8.14. The summed E-state index contributed by atoms with van der Waals surface area (Å²) in [6.07, 6.45) is 6.68. The first-order chi connectivity index (χ1) is 31.3. The van der Waals surface area contributed by atoms with Crippen LogP contribution in [0.5, 0.6) is 0 Å². The van der Waals surface area contributed by atoms with E-state index in [4.69, 9.17) is 4.42 Å². The summed E-state index contributed by atoms with van der Waals surface area (Å²) in [7, 11) is 0. The van der Waals surface area contributed by atoms with Crippen molar-refractivity contribution in [1.29, 1.82) is 0 Å². The molecule has 0 unspecified atom stereocenters. The summed E-state index contributed by atoms with van der Waals surface area (Å²) in [6, 6.07) is 78.7. The molecular weight excluding hydrogens is 765 g/mol. The first-order valence-corrected chi connectivity index (χ1v) is 21.8. The maximum absolute atomic E-state index is 6.47. The Balaban J connectivity index is 0.979. The lowest BCUT2D eigenvalue weighted by Gasteiger charge is -2.30. The highest BCUT2D eigenvalue weighted by molar-refractivity contribution is 6.11. The van der Waals surface area contributed by atoms with E-state index in [1.807, 2.05) is 12.1 Å². The predicted molar refractivity (Wildman–Crippen MR) is 265 cm³/mol. The number of benzene rings is 9. The van der Waals surface area contributed by atoms with E-state index in [0.29, 0.717) is 0 Å². The number of furan rings is 1. The van der Waals surface area contributed by atoms with E-state index < -0.39 is 0 Å². The predicted octanol–water partition coefficient (Wildman–Crippen LogP) is 16.6. The van der Waals surface area contributed by atoms with Gasteiger partial charge in [-0.05, 0) is 101 Å². The highest BCUT2D eigenvalue weighted by Gasteiger charge is 2.22. The Labute approximate surface area is 366 Å². The lowest BCUT2D eigenvalue weighted by atomic mass is 9.88. The molecule has 0 amide bonds. The molecule has 0 N–H and O–H groups in total. The SMILES string of the molecule is C1=C(c2ccccc2-c2ccccc2-n2c3ccccc3c3ccccc32)CCC=C1N(c1ccc(-c2cccc3c2oc2ccccc23)cc1)c1cccc(-c2ccccc2)c1. The van der Waals surface area contributed by atoms with E-state index in [2.05, 4.69) is 228 Å². The van der Waals surface area contributed by atoms with Gasteiger partial charge in [0.1, 0.15) is 11.2 Å². The summed E-state index contributed by atoms with van der Waals surface area (Å²) in [4.78, 5) is 2.42. The third kappa shape index (κ3) is 6.36. The lowest BCUT2D eigenvalue weighted by Crippen LogP contribution is -2.17. The van der Waals surface area contributed by atoms with Gasteiger partial charge >= 0.3 is 0 Å². The molecule has 0 bridgehead atoms. The van der Waals surface area contributed by atoms with E-state index >= 15 is 0 Å². The Bertz CT molecular complexity index is 3510. The summed E-state index contributed by atoms with van der Waals surface area (Å²) in [6.45, 7) is 0. The van der Waals surface area contributed by atoms with Crippen LogP contribution in [0, 0.1) is 0 Å². The second kappa shape index (κ2) is 15.4. The quantitative estimate of drug-likeness (QED) is 0.153. The number of fused-ring (bicyclic) bond motifs is 6. The Morgan fingerprint density at radius 2 is 1.02 bits per heavy atom. The molecule has 63 heavy (non-hydrogen) atoms. The summed E-state index contributed by atoms with van der Waals surface area (Å²) in [5, 5.41) is 4.79. The molecule has 0 aliphatic heterocycles. The van der Waals surface area contributed by atoms with Gasteiger partial charge < -0.3 is 13.9 Å². The topological polar surface area (TPSA) is 21.3 Å². The second-order valence-electron chi connectivity index (χ2n) is 16.3. The zero-order valence-electron chi connectivity index (χ0n) is 34.7. The van der Waals surface area contributed by atoms with Crippen molar-refractivity contribution in [2.24, 2.45) is 0 Å². The maximum Gasteiger partial charge on any atom is 0.143 e. The lowest BCUT2D eigenvalue weighted by molar-refractivity contribution is 0.670. The number of nitrogens with zero attached hydrogens (tertiary/aromatic N) is 2. The third-order valence-electron chi connectivity index (χ3n) is 12.7. The molecule has 12 rings (SSSR count). The van der Waals surface area contributed by atoms with Gasteiger partial charge in [0.25, 0.3) is 0 Å². The summed E-state index contributed by atoms with van der Waals surface area (Å²) < 4.78 is 8.91. The van der Waals surface area contributed by atoms with Gasteiger partial charge in [-0.2, -0.15) is 0 Å². The van der Waals surface area contributed by atoms with Crippen LogP contribution < -0.4 is 4.90 Å². The molecule has 1 aliphatic rings. The van der Waals surface area contributed by atoms with Gasteiger partial charge in [0.2, 0.25) is 0 Å². The van der Waals surface area contributed by atoms with E-state index in [1.54, 1.807) is 0 Å². The van der Waals surface area contributed by atoms with Crippen LogP contribution in [0.1, 0.15) is 18.4 Å². The molecule has 0 fully saturated rings. The van der Waals surface area contributed by atoms with Crippen molar-refractivity contribution in [1.82, 2.24) is 4.57 Å². The fourth-order valence-corrected chi connectivity index (χ4v) is 9.80. The van der Waals surface area contributed by atoms with Crippen molar-refractivity contribution >= 4 is 60.7 Å². The van der Waals surface area contributed by atoms with E-state index in [9.17, 15) is 0 Å². The van der Waals surface area contributed by atoms with Crippen LogP contribution >= 0.6 is 0 Å². The van der Waals surface area contributed by atoms with Crippen LogP contribution in [0.3, 0.4) is 0 Å². The van der Waals surface area contributed by atoms with E-state index in [-0.39, 0.29) is 0 Å². The molecule has 0 saturated heterocycles. The molecule has 0 radical (unpaired) electrons. The molecule has 0 spiro atoms.